The quantitative estimate of drug-likeness (QED) is 0.362. The normalized spacial score (nSPS) is 10.5. The minimum Gasteiger partial charge on any atom is -0.497 e. The Hall–Kier alpha value is -3.86. The number of amides is 1. The Bertz CT molecular complexity index is 854. The third kappa shape index (κ3) is 4.80. The molecule has 0 bridgehead atoms. The number of carbonyl (C=O) groups excluding carboxylic acids is 1. The lowest BCUT2D eigenvalue weighted by Crippen LogP contribution is -2.14. The SMILES string of the molecule is COc1cccc(N/C=C(/C#N)C(=O)Nc2ccc([N+](=O)[O-])cc2)c1. The summed E-state index contributed by atoms with van der Waals surface area (Å²) in [6.45, 7) is 0. The molecule has 0 aliphatic rings. The van der Waals surface area contributed by atoms with Crippen LogP contribution in [0.15, 0.2) is 60.3 Å². The Kier molecular flexibility index (Phi) is 5.68. The molecule has 0 aliphatic carbocycles. The van der Waals surface area contributed by atoms with Gasteiger partial charge in [-0.25, -0.2) is 0 Å². The van der Waals surface area contributed by atoms with E-state index in [9.17, 15) is 14.9 Å². The molecule has 1 amide bonds. The first-order valence-corrected chi connectivity index (χ1v) is 7.10. The summed E-state index contributed by atoms with van der Waals surface area (Å²) >= 11 is 0. The zero-order valence-electron chi connectivity index (χ0n) is 13.2. The molecular formula is C17H14N4O4. The molecule has 2 rings (SSSR count). The number of nitro groups is 1. The van der Waals surface area contributed by atoms with Crippen molar-refractivity contribution in [2.24, 2.45) is 0 Å². The van der Waals surface area contributed by atoms with E-state index in [4.69, 9.17) is 10.00 Å². The maximum absolute atomic E-state index is 12.1. The summed E-state index contributed by atoms with van der Waals surface area (Å²) in [5, 5.41) is 25.1. The third-order valence-electron chi connectivity index (χ3n) is 3.15. The Labute approximate surface area is 143 Å². The van der Waals surface area contributed by atoms with E-state index in [1.54, 1.807) is 30.3 Å². The average Bonchev–Trinajstić information content (AvgIpc) is 2.63. The molecule has 0 atom stereocenters. The number of nitrogens with one attached hydrogen (secondary N) is 2. The number of non-ortho nitro benzene ring substituents is 1. The van der Waals surface area contributed by atoms with Gasteiger partial charge in [0.15, 0.2) is 0 Å². The monoisotopic (exact) mass is 338 g/mol. The van der Waals surface area contributed by atoms with Gasteiger partial charge in [-0.1, -0.05) is 6.07 Å². The minimum atomic E-state index is -0.633. The number of hydrogen-bond acceptors (Lipinski definition) is 6. The average molecular weight is 338 g/mol. The van der Waals surface area contributed by atoms with Gasteiger partial charge in [-0.05, 0) is 24.3 Å². The van der Waals surface area contributed by atoms with Gasteiger partial charge < -0.3 is 15.4 Å². The lowest BCUT2D eigenvalue weighted by atomic mass is 10.2. The van der Waals surface area contributed by atoms with E-state index in [1.807, 2.05) is 0 Å². The number of rotatable bonds is 6. The second kappa shape index (κ2) is 8.12. The molecule has 0 aromatic heterocycles. The number of methoxy groups -OCH3 is 1. The maximum atomic E-state index is 12.1. The maximum Gasteiger partial charge on any atom is 0.269 e. The van der Waals surface area contributed by atoms with Gasteiger partial charge in [0, 0.05) is 35.8 Å². The highest BCUT2D eigenvalue weighted by Crippen LogP contribution is 2.18. The van der Waals surface area contributed by atoms with Crippen molar-refractivity contribution in [2.45, 2.75) is 0 Å². The molecule has 2 aromatic rings. The van der Waals surface area contributed by atoms with Crippen LogP contribution in [0.5, 0.6) is 5.75 Å². The Morgan fingerprint density at radius 1 is 1.24 bits per heavy atom. The fourth-order valence-corrected chi connectivity index (χ4v) is 1.88. The summed E-state index contributed by atoms with van der Waals surface area (Å²) in [7, 11) is 1.54. The predicted molar refractivity (Wildman–Crippen MR) is 92.0 cm³/mol. The van der Waals surface area contributed by atoms with E-state index >= 15 is 0 Å². The van der Waals surface area contributed by atoms with Crippen LogP contribution in [-0.4, -0.2) is 17.9 Å². The van der Waals surface area contributed by atoms with Crippen LogP contribution < -0.4 is 15.4 Å². The number of benzene rings is 2. The lowest BCUT2D eigenvalue weighted by molar-refractivity contribution is -0.384. The fraction of sp³-hybridized carbons (Fsp3) is 0.0588. The number of hydrogen-bond donors (Lipinski definition) is 2. The van der Waals surface area contributed by atoms with Gasteiger partial charge in [0.2, 0.25) is 0 Å². The summed E-state index contributed by atoms with van der Waals surface area (Å²) in [5.74, 6) is -0.000937. The van der Waals surface area contributed by atoms with Gasteiger partial charge in [0.1, 0.15) is 17.4 Å². The topological polar surface area (TPSA) is 117 Å². The summed E-state index contributed by atoms with van der Waals surface area (Å²) in [4.78, 5) is 22.2. The van der Waals surface area contributed by atoms with Gasteiger partial charge >= 0.3 is 0 Å². The Balaban J connectivity index is 2.07. The van der Waals surface area contributed by atoms with Gasteiger partial charge in [0.05, 0.1) is 12.0 Å². The molecule has 126 valence electrons. The molecule has 0 aliphatic heterocycles. The number of anilines is 2. The predicted octanol–water partition coefficient (Wildman–Crippen LogP) is 3.06. The minimum absolute atomic E-state index is 0.0891. The molecule has 0 heterocycles. The smallest absolute Gasteiger partial charge is 0.269 e. The summed E-state index contributed by atoms with van der Waals surface area (Å²) in [6.07, 6.45) is 1.27. The zero-order valence-corrected chi connectivity index (χ0v) is 13.2. The second-order valence-corrected chi connectivity index (χ2v) is 4.80. The molecule has 2 aromatic carbocycles. The molecule has 0 spiro atoms. The molecule has 0 radical (unpaired) electrons. The standard InChI is InChI=1S/C17H14N4O4/c1-25-16-4-2-3-14(9-16)19-11-12(10-18)17(22)20-13-5-7-15(8-6-13)21(23)24/h2-9,11,19H,1H3,(H,20,22)/b12-11-. The van der Waals surface area contributed by atoms with E-state index in [1.165, 1.54) is 37.6 Å². The number of ether oxygens (including phenoxy) is 1. The Morgan fingerprint density at radius 2 is 1.96 bits per heavy atom. The molecule has 0 saturated heterocycles. The van der Waals surface area contributed by atoms with Gasteiger partial charge in [-0.15, -0.1) is 0 Å². The van der Waals surface area contributed by atoms with Crippen molar-refractivity contribution in [3.63, 3.8) is 0 Å². The summed E-state index contributed by atoms with van der Waals surface area (Å²) in [6, 6.07) is 14.1. The zero-order chi connectivity index (χ0) is 18.2. The highest BCUT2D eigenvalue weighted by atomic mass is 16.6. The highest BCUT2D eigenvalue weighted by Gasteiger charge is 2.11. The first-order valence-electron chi connectivity index (χ1n) is 7.10. The second-order valence-electron chi connectivity index (χ2n) is 4.80. The van der Waals surface area contributed by atoms with Crippen molar-refractivity contribution in [1.29, 1.82) is 5.26 Å². The van der Waals surface area contributed by atoms with Gasteiger partial charge in [0.25, 0.3) is 11.6 Å². The van der Waals surface area contributed by atoms with Crippen LogP contribution in [0.4, 0.5) is 17.1 Å². The van der Waals surface area contributed by atoms with Crippen molar-refractivity contribution in [2.75, 3.05) is 17.7 Å². The fourth-order valence-electron chi connectivity index (χ4n) is 1.88. The van der Waals surface area contributed by atoms with Crippen LogP contribution in [-0.2, 0) is 4.79 Å². The van der Waals surface area contributed by atoms with Crippen LogP contribution in [0.2, 0.25) is 0 Å². The number of nitrogens with zero attached hydrogens (tertiary/aromatic N) is 2. The van der Waals surface area contributed by atoms with Crippen LogP contribution in [0, 0.1) is 21.4 Å². The molecule has 8 nitrogen and oxygen atoms in total. The third-order valence-corrected chi connectivity index (χ3v) is 3.15. The van der Waals surface area contributed by atoms with Crippen molar-refractivity contribution in [3.8, 4) is 11.8 Å². The number of carbonyl (C=O) groups is 1. The first-order chi connectivity index (χ1) is 12.0. The van der Waals surface area contributed by atoms with E-state index in [-0.39, 0.29) is 11.3 Å². The molecule has 8 heteroatoms. The van der Waals surface area contributed by atoms with Crippen LogP contribution in [0.3, 0.4) is 0 Å². The van der Waals surface area contributed by atoms with Crippen molar-refractivity contribution in [1.82, 2.24) is 0 Å². The Morgan fingerprint density at radius 3 is 2.56 bits per heavy atom. The molecule has 0 unspecified atom stereocenters. The summed E-state index contributed by atoms with van der Waals surface area (Å²) in [5.41, 5.74) is 0.753. The van der Waals surface area contributed by atoms with Crippen molar-refractivity contribution < 1.29 is 14.5 Å². The van der Waals surface area contributed by atoms with Gasteiger partial charge in [-0.3, -0.25) is 14.9 Å². The van der Waals surface area contributed by atoms with Crippen molar-refractivity contribution >= 4 is 23.0 Å². The molecular weight excluding hydrogens is 324 g/mol. The molecule has 25 heavy (non-hydrogen) atoms. The molecule has 0 fully saturated rings. The molecule has 2 N–H and O–H groups in total. The largest absolute Gasteiger partial charge is 0.497 e. The van der Waals surface area contributed by atoms with E-state index in [2.05, 4.69) is 10.6 Å². The van der Waals surface area contributed by atoms with Crippen LogP contribution in [0.1, 0.15) is 0 Å². The van der Waals surface area contributed by atoms with E-state index < -0.39 is 10.8 Å². The van der Waals surface area contributed by atoms with Crippen LogP contribution >= 0.6 is 0 Å². The molecule has 0 saturated carbocycles. The summed E-state index contributed by atoms with van der Waals surface area (Å²) < 4.78 is 5.09. The van der Waals surface area contributed by atoms with E-state index in [0.717, 1.165) is 0 Å². The highest BCUT2D eigenvalue weighted by molar-refractivity contribution is 6.06. The lowest BCUT2D eigenvalue weighted by Gasteiger charge is -2.06. The number of nitro benzene ring substituents is 1. The van der Waals surface area contributed by atoms with Crippen LogP contribution in [0.25, 0.3) is 0 Å². The van der Waals surface area contributed by atoms with Crippen molar-refractivity contribution in [3.05, 3.63) is 70.4 Å². The number of nitriles is 1. The van der Waals surface area contributed by atoms with Gasteiger partial charge in [-0.2, -0.15) is 5.26 Å². The first kappa shape index (κ1) is 17.5. The van der Waals surface area contributed by atoms with E-state index in [0.29, 0.717) is 17.1 Å².